The number of carbonyl (C=O) groups excluding carboxylic acids is 1. The molecule has 106 valence electrons. The van der Waals surface area contributed by atoms with E-state index in [2.05, 4.69) is 36.5 Å². The highest BCUT2D eigenvalue weighted by Gasteiger charge is 2.08. The molecule has 2 rings (SSSR count). The average Bonchev–Trinajstić information content (AvgIpc) is 2.49. The predicted molar refractivity (Wildman–Crippen MR) is 83.6 cm³/mol. The largest absolute Gasteiger partial charge is 0.355 e. The van der Waals surface area contributed by atoms with E-state index in [0.717, 1.165) is 16.7 Å². The Kier molecular flexibility index (Phi) is 5.11. The predicted octanol–water partition coefficient (Wildman–Crippen LogP) is 3.23. The standard InChI is InChI=1S/C18H18N2O/c1-14-7-9-15(10-8-14)17-6-3-2-5-16(17)13-18(21)20-12-4-11-19/h2-3,5-10H,4,12-13H2,1H3,(H,20,21). The van der Waals surface area contributed by atoms with Crippen molar-refractivity contribution in [2.45, 2.75) is 19.8 Å². The summed E-state index contributed by atoms with van der Waals surface area (Å²) < 4.78 is 0. The molecule has 0 aliphatic carbocycles. The summed E-state index contributed by atoms with van der Waals surface area (Å²) in [6.45, 7) is 2.46. The highest BCUT2D eigenvalue weighted by molar-refractivity contribution is 5.82. The van der Waals surface area contributed by atoms with Gasteiger partial charge in [0.1, 0.15) is 0 Å². The number of nitrogens with one attached hydrogen (secondary N) is 1. The van der Waals surface area contributed by atoms with Gasteiger partial charge in [-0.25, -0.2) is 0 Å². The van der Waals surface area contributed by atoms with Crippen LogP contribution in [0.15, 0.2) is 48.5 Å². The summed E-state index contributed by atoms with van der Waals surface area (Å²) in [7, 11) is 0. The molecule has 0 atom stereocenters. The number of nitriles is 1. The minimum Gasteiger partial charge on any atom is -0.355 e. The van der Waals surface area contributed by atoms with Gasteiger partial charge in [-0.1, -0.05) is 54.1 Å². The third kappa shape index (κ3) is 4.19. The zero-order valence-electron chi connectivity index (χ0n) is 12.1. The number of hydrogen-bond donors (Lipinski definition) is 1. The van der Waals surface area contributed by atoms with Crippen LogP contribution in [0.2, 0.25) is 0 Å². The Balaban J connectivity index is 2.16. The monoisotopic (exact) mass is 278 g/mol. The lowest BCUT2D eigenvalue weighted by Crippen LogP contribution is -2.26. The van der Waals surface area contributed by atoms with Crippen molar-refractivity contribution < 1.29 is 4.79 Å². The lowest BCUT2D eigenvalue weighted by Gasteiger charge is -2.10. The molecule has 0 saturated heterocycles. The van der Waals surface area contributed by atoms with Gasteiger partial charge in [0.2, 0.25) is 5.91 Å². The molecule has 0 aliphatic heterocycles. The molecule has 2 aromatic carbocycles. The summed E-state index contributed by atoms with van der Waals surface area (Å²) in [4.78, 5) is 11.9. The topological polar surface area (TPSA) is 52.9 Å². The van der Waals surface area contributed by atoms with E-state index in [1.165, 1.54) is 5.56 Å². The second-order valence-corrected chi connectivity index (χ2v) is 4.96. The van der Waals surface area contributed by atoms with E-state index in [1.807, 2.05) is 30.3 Å². The Labute approximate surface area is 125 Å². The quantitative estimate of drug-likeness (QED) is 0.854. The van der Waals surface area contributed by atoms with E-state index in [-0.39, 0.29) is 5.91 Å². The van der Waals surface area contributed by atoms with Crippen LogP contribution in [-0.2, 0) is 11.2 Å². The zero-order chi connectivity index (χ0) is 15.1. The van der Waals surface area contributed by atoms with Crippen molar-refractivity contribution >= 4 is 5.91 Å². The van der Waals surface area contributed by atoms with E-state index in [4.69, 9.17) is 5.26 Å². The highest BCUT2D eigenvalue weighted by atomic mass is 16.1. The van der Waals surface area contributed by atoms with Gasteiger partial charge in [0.05, 0.1) is 18.9 Å². The van der Waals surface area contributed by atoms with Gasteiger partial charge in [-0.05, 0) is 23.6 Å². The van der Waals surface area contributed by atoms with Gasteiger partial charge < -0.3 is 5.32 Å². The molecule has 1 amide bonds. The molecular formula is C18H18N2O. The summed E-state index contributed by atoms with van der Waals surface area (Å²) in [5.74, 6) is -0.0511. The Hall–Kier alpha value is -2.60. The number of amides is 1. The van der Waals surface area contributed by atoms with Crippen molar-refractivity contribution in [2.24, 2.45) is 0 Å². The molecule has 0 fully saturated rings. The molecule has 0 spiro atoms. The van der Waals surface area contributed by atoms with Crippen molar-refractivity contribution in [2.75, 3.05) is 6.54 Å². The number of nitrogens with zero attached hydrogens (tertiary/aromatic N) is 1. The summed E-state index contributed by atoms with van der Waals surface area (Å²) in [5, 5.41) is 11.2. The molecule has 0 unspecified atom stereocenters. The first-order valence-corrected chi connectivity index (χ1v) is 6.99. The molecule has 0 aliphatic rings. The fraction of sp³-hybridized carbons (Fsp3) is 0.222. The van der Waals surface area contributed by atoms with Gasteiger partial charge in [0.25, 0.3) is 0 Å². The second-order valence-electron chi connectivity index (χ2n) is 4.96. The van der Waals surface area contributed by atoms with Gasteiger partial charge in [-0.15, -0.1) is 0 Å². The molecule has 0 saturated carbocycles. The third-order valence-electron chi connectivity index (χ3n) is 3.29. The first-order chi connectivity index (χ1) is 10.2. The van der Waals surface area contributed by atoms with Crippen LogP contribution in [0.4, 0.5) is 0 Å². The fourth-order valence-electron chi connectivity index (χ4n) is 2.18. The third-order valence-corrected chi connectivity index (χ3v) is 3.29. The van der Waals surface area contributed by atoms with Crippen molar-refractivity contribution in [3.63, 3.8) is 0 Å². The van der Waals surface area contributed by atoms with Crippen molar-refractivity contribution in [3.05, 3.63) is 59.7 Å². The Morgan fingerprint density at radius 1 is 1.14 bits per heavy atom. The molecule has 21 heavy (non-hydrogen) atoms. The van der Waals surface area contributed by atoms with Crippen molar-refractivity contribution in [1.29, 1.82) is 5.26 Å². The molecule has 0 radical (unpaired) electrons. The number of aryl methyl sites for hydroxylation is 1. The van der Waals surface area contributed by atoms with Gasteiger partial charge in [0.15, 0.2) is 0 Å². The Morgan fingerprint density at radius 3 is 2.57 bits per heavy atom. The maximum atomic E-state index is 11.9. The molecule has 0 aromatic heterocycles. The summed E-state index contributed by atoms with van der Waals surface area (Å²) in [6.07, 6.45) is 0.667. The van der Waals surface area contributed by atoms with E-state index < -0.39 is 0 Å². The van der Waals surface area contributed by atoms with Crippen LogP contribution < -0.4 is 5.32 Å². The first-order valence-electron chi connectivity index (χ1n) is 6.99. The number of rotatable bonds is 5. The molecule has 0 heterocycles. The first kappa shape index (κ1) is 14.8. The zero-order valence-corrected chi connectivity index (χ0v) is 12.1. The maximum absolute atomic E-state index is 11.9. The van der Waals surface area contributed by atoms with E-state index in [0.29, 0.717) is 19.4 Å². The Bertz CT molecular complexity index is 654. The van der Waals surface area contributed by atoms with Gasteiger partial charge >= 0.3 is 0 Å². The van der Waals surface area contributed by atoms with E-state index >= 15 is 0 Å². The van der Waals surface area contributed by atoms with Crippen LogP contribution in [0.5, 0.6) is 0 Å². The molecule has 1 N–H and O–H groups in total. The fourth-order valence-corrected chi connectivity index (χ4v) is 2.18. The van der Waals surface area contributed by atoms with Crippen molar-refractivity contribution in [3.8, 4) is 17.2 Å². The molecule has 2 aromatic rings. The normalized spacial score (nSPS) is 9.90. The molecule has 3 nitrogen and oxygen atoms in total. The minimum absolute atomic E-state index is 0.0511. The van der Waals surface area contributed by atoms with Crippen LogP contribution in [0.3, 0.4) is 0 Å². The molecule has 3 heteroatoms. The van der Waals surface area contributed by atoms with Gasteiger partial charge in [-0.3, -0.25) is 4.79 Å². The minimum atomic E-state index is -0.0511. The van der Waals surface area contributed by atoms with Crippen LogP contribution in [0.25, 0.3) is 11.1 Å². The summed E-state index contributed by atoms with van der Waals surface area (Å²) >= 11 is 0. The maximum Gasteiger partial charge on any atom is 0.224 e. The molecular weight excluding hydrogens is 260 g/mol. The van der Waals surface area contributed by atoms with E-state index in [1.54, 1.807) is 0 Å². The van der Waals surface area contributed by atoms with Crippen LogP contribution in [0, 0.1) is 18.3 Å². The number of benzene rings is 2. The van der Waals surface area contributed by atoms with Crippen LogP contribution in [0.1, 0.15) is 17.5 Å². The number of hydrogen-bond acceptors (Lipinski definition) is 2. The lowest BCUT2D eigenvalue weighted by molar-refractivity contribution is -0.120. The lowest BCUT2D eigenvalue weighted by atomic mass is 9.97. The number of carbonyl (C=O) groups is 1. The Morgan fingerprint density at radius 2 is 1.86 bits per heavy atom. The summed E-state index contributed by atoms with van der Waals surface area (Å²) in [5.41, 5.74) is 4.40. The SMILES string of the molecule is Cc1ccc(-c2ccccc2CC(=O)NCCC#N)cc1. The van der Waals surface area contributed by atoms with E-state index in [9.17, 15) is 4.79 Å². The average molecular weight is 278 g/mol. The van der Waals surface area contributed by atoms with Gasteiger partial charge in [0, 0.05) is 6.54 Å². The summed E-state index contributed by atoms with van der Waals surface area (Å²) in [6, 6.07) is 18.2. The smallest absolute Gasteiger partial charge is 0.224 e. The van der Waals surface area contributed by atoms with Crippen LogP contribution in [-0.4, -0.2) is 12.5 Å². The second kappa shape index (κ2) is 7.25. The van der Waals surface area contributed by atoms with Crippen LogP contribution >= 0.6 is 0 Å². The van der Waals surface area contributed by atoms with Gasteiger partial charge in [-0.2, -0.15) is 5.26 Å². The van der Waals surface area contributed by atoms with Crippen molar-refractivity contribution in [1.82, 2.24) is 5.32 Å². The highest BCUT2D eigenvalue weighted by Crippen LogP contribution is 2.24. The molecule has 0 bridgehead atoms.